The molecule has 0 radical (unpaired) electrons. The van der Waals surface area contributed by atoms with Gasteiger partial charge in [0.1, 0.15) is 10.7 Å². The van der Waals surface area contributed by atoms with Crippen LogP contribution in [0, 0.1) is 5.82 Å². The van der Waals surface area contributed by atoms with Crippen LogP contribution in [0.15, 0.2) is 35.4 Å². The second kappa shape index (κ2) is 7.25. The van der Waals surface area contributed by atoms with Gasteiger partial charge in [0.25, 0.3) is 0 Å². The molecule has 1 N–H and O–H groups in total. The van der Waals surface area contributed by atoms with Crippen molar-refractivity contribution < 1.29 is 12.8 Å². The first kappa shape index (κ1) is 19.6. The number of hydrogen-bond acceptors (Lipinski definition) is 3. The Balaban J connectivity index is 2.19. The lowest BCUT2D eigenvalue weighted by Crippen LogP contribution is -2.28. The number of nitrogens with one attached hydrogen (secondary N) is 1. The zero-order chi connectivity index (χ0) is 18.8. The molecule has 1 aromatic carbocycles. The van der Waals surface area contributed by atoms with Gasteiger partial charge in [-0.25, -0.2) is 17.5 Å². The third kappa shape index (κ3) is 4.89. The summed E-state index contributed by atoms with van der Waals surface area (Å²) < 4.78 is 42.7. The average molecular weight is 367 g/mol. The summed E-state index contributed by atoms with van der Waals surface area (Å²) in [6.07, 6.45) is 2.08. The Bertz CT molecular complexity index is 819. The Kier molecular flexibility index (Phi) is 5.68. The first-order chi connectivity index (χ1) is 11.5. The van der Waals surface area contributed by atoms with Gasteiger partial charge in [-0.2, -0.15) is 5.10 Å². The van der Waals surface area contributed by atoms with Gasteiger partial charge in [-0.3, -0.25) is 4.68 Å². The molecule has 0 amide bonds. The average Bonchev–Trinajstić information content (AvgIpc) is 2.96. The van der Waals surface area contributed by atoms with Gasteiger partial charge in [-0.1, -0.05) is 32.9 Å². The molecule has 1 aromatic heterocycles. The lowest BCUT2D eigenvalue weighted by Gasteiger charge is -2.17. The van der Waals surface area contributed by atoms with Gasteiger partial charge in [0.15, 0.2) is 0 Å². The summed E-state index contributed by atoms with van der Waals surface area (Å²) >= 11 is 0. The maximum absolute atomic E-state index is 12.9. The number of benzene rings is 1. The summed E-state index contributed by atoms with van der Waals surface area (Å²) in [5.41, 5.74) is 1.04. The van der Waals surface area contributed by atoms with E-state index in [1.165, 1.54) is 12.1 Å². The normalized spacial score (nSPS) is 12.8. The second-order valence-electron chi connectivity index (χ2n) is 7.44. The number of halogens is 1. The van der Waals surface area contributed by atoms with Crippen LogP contribution in [-0.2, 0) is 21.9 Å². The fraction of sp³-hybridized carbons (Fsp3) is 0.500. The Morgan fingerprint density at radius 2 is 1.80 bits per heavy atom. The van der Waals surface area contributed by atoms with Crippen LogP contribution in [-0.4, -0.2) is 24.7 Å². The van der Waals surface area contributed by atoms with E-state index in [1.807, 2.05) is 34.6 Å². The molecule has 1 heterocycles. The smallest absolute Gasteiger partial charge is 0.244 e. The van der Waals surface area contributed by atoms with E-state index in [1.54, 1.807) is 23.0 Å². The highest BCUT2D eigenvalue weighted by Crippen LogP contribution is 2.28. The Labute approximate surface area is 149 Å². The molecular formula is C18H26FN3O2S. The first-order valence-corrected chi connectivity index (χ1v) is 9.83. The van der Waals surface area contributed by atoms with Crippen LogP contribution >= 0.6 is 0 Å². The molecule has 0 aliphatic heterocycles. The van der Waals surface area contributed by atoms with E-state index in [9.17, 15) is 12.8 Å². The standard InChI is InChI=1S/C18H26FN3O2S/c1-13(2)22-12-16(17(21-22)18(3,4)5)25(23,24)20-11-10-14-6-8-15(19)9-7-14/h6-9,12-13,20H,10-11H2,1-5H3. The highest BCUT2D eigenvalue weighted by atomic mass is 32.2. The van der Waals surface area contributed by atoms with Crippen molar-refractivity contribution in [2.75, 3.05) is 6.54 Å². The summed E-state index contributed by atoms with van der Waals surface area (Å²) in [5.74, 6) is -0.305. The van der Waals surface area contributed by atoms with Crippen molar-refractivity contribution in [2.45, 2.75) is 57.4 Å². The van der Waals surface area contributed by atoms with Crippen LogP contribution in [0.25, 0.3) is 0 Å². The molecule has 0 atom stereocenters. The quantitative estimate of drug-likeness (QED) is 0.851. The Morgan fingerprint density at radius 1 is 1.20 bits per heavy atom. The van der Waals surface area contributed by atoms with Crippen molar-refractivity contribution in [1.29, 1.82) is 0 Å². The maximum atomic E-state index is 12.9. The monoisotopic (exact) mass is 367 g/mol. The topological polar surface area (TPSA) is 64.0 Å². The molecule has 2 rings (SSSR count). The van der Waals surface area contributed by atoms with Gasteiger partial charge in [-0.15, -0.1) is 0 Å². The predicted octanol–water partition coefficient (Wildman–Crippen LogP) is 3.42. The molecule has 0 saturated carbocycles. The SMILES string of the molecule is CC(C)n1cc(S(=O)(=O)NCCc2ccc(F)cc2)c(C(C)(C)C)n1. The molecule has 2 aromatic rings. The number of sulfonamides is 1. The van der Waals surface area contributed by atoms with E-state index in [2.05, 4.69) is 9.82 Å². The minimum absolute atomic E-state index is 0.0734. The van der Waals surface area contributed by atoms with Gasteiger partial charge >= 0.3 is 0 Å². The van der Waals surface area contributed by atoms with Crippen LogP contribution in [0.2, 0.25) is 0 Å². The molecule has 0 bridgehead atoms. The third-order valence-corrected chi connectivity index (χ3v) is 5.31. The second-order valence-corrected chi connectivity index (χ2v) is 9.18. The lowest BCUT2D eigenvalue weighted by atomic mass is 9.92. The fourth-order valence-electron chi connectivity index (χ4n) is 2.41. The minimum atomic E-state index is -3.67. The molecule has 138 valence electrons. The van der Waals surface area contributed by atoms with Gasteiger partial charge in [0, 0.05) is 24.2 Å². The fourth-order valence-corrected chi connectivity index (χ4v) is 3.79. The molecular weight excluding hydrogens is 341 g/mol. The van der Waals surface area contributed by atoms with Crippen molar-refractivity contribution in [3.8, 4) is 0 Å². The van der Waals surface area contributed by atoms with Gasteiger partial charge in [-0.05, 0) is 38.0 Å². The maximum Gasteiger partial charge on any atom is 0.244 e. The van der Waals surface area contributed by atoms with Crippen molar-refractivity contribution in [1.82, 2.24) is 14.5 Å². The van der Waals surface area contributed by atoms with Crippen LogP contribution in [0.4, 0.5) is 4.39 Å². The van der Waals surface area contributed by atoms with Crippen molar-refractivity contribution in [3.63, 3.8) is 0 Å². The summed E-state index contributed by atoms with van der Waals surface area (Å²) in [6, 6.07) is 6.12. The van der Waals surface area contributed by atoms with Crippen molar-refractivity contribution in [3.05, 3.63) is 47.5 Å². The van der Waals surface area contributed by atoms with E-state index >= 15 is 0 Å². The molecule has 0 aliphatic carbocycles. The lowest BCUT2D eigenvalue weighted by molar-refractivity contribution is 0.493. The molecule has 0 fully saturated rings. The predicted molar refractivity (Wildman–Crippen MR) is 96.6 cm³/mol. The molecule has 0 spiro atoms. The molecule has 25 heavy (non-hydrogen) atoms. The van der Waals surface area contributed by atoms with E-state index in [0.29, 0.717) is 12.1 Å². The molecule has 0 aliphatic rings. The molecule has 0 unspecified atom stereocenters. The Hall–Kier alpha value is -1.73. The van der Waals surface area contributed by atoms with E-state index in [4.69, 9.17) is 0 Å². The summed E-state index contributed by atoms with van der Waals surface area (Å²) in [5, 5.41) is 4.48. The Morgan fingerprint density at radius 3 is 2.32 bits per heavy atom. The van der Waals surface area contributed by atoms with Gasteiger partial charge in [0.2, 0.25) is 10.0 Å². The van der Waals surface area contributed by atoms with Crippen LogP contribution < -0.4 is 4.72 Å². The minimum Gasteiger partial charge on any atom is -0.269 e. The largest absolute Gasteiger partial charge is 0.269 e. The van der Waals surface area contributed by atoms with Crippen molar-refractivity contribution in [2.24, 2.45) is 0 Å². The number of aromatic nitrogens is 2. The zero-order valence-electron chi connectivity index (χ0n) is 15.4. The summed E-state index contributed by atoms with van der Waals surface area (Å²) in [6.45, 7) is 9.98. The highest BCUT2D eigenvalue weighted by molar-refractivity contribution is 7.89. The van der Waals surface area contributed by atoms with E-state index < -0.39 is 10.0 Å². The number of hydrogen-bond donors (Lipinski definition) is 1. The van der Waals surface area contributed by atoms with Gasteiger partial charge < -0.3 is 0 Å². The third-order valence-electron chi connectivity index (χ3n) is 3.85. The number of nitrogens with zero attached hydrogens (tertiary/aromatic N) is 2. The zero-order valence-corrected chi connectivity index (χ0v) is 16.2. The molecule has 5 nitrogen and oxygen atoms in total. The van der Waals surface area contributed by atoms with Gasteiger partial charge in [0.05, 0.1) is 5.69 Å². The molecule has 7 heteroatoms. The highest BCUT2D eigenvalue weighted by Gasteiger charge is 2.30. The van der Waals surface area contributed by atoms with Crippen LogP contribution in [0.1, 0.15) is 51.9 Å². The van der Waals surface area contributed by atoms with Crippen LogP contribution in [0.3, 0.4) is 0 Å². The molecule has 0 saturated heterocycles. The van der Waals surface area contributed by atoms with E-state index in [-0.39, 0.29) is 28.7 Å². The van der Waals surface area contributed by atoms with E-state index in [0.717, 1.165) is 5.56 Å². The van der Waals surface area contributed by atoms with Crippen molar-refractivity contribution >= 4 is 10.0 Å². The van der Waals surface area contributed by atoms with Crippen LogP contribution in [0.5, 0.6) is 0 Å². The number of rotatable bonds is 6. The summed E-state index contributed by atoms with van der Waals surface area (Å²) in [7, 11) is -3.67. The first-order valence-electron chi connectivity index (χ1n) is 8.34. The summed E-state index contributed by atoms with van der Waals surface area (Å²) in [4.78, 5) is 0.216.